The number of carbonyl (C=O) groups is 2. The Morgan fingerprint density at radius 3 is 2.50 bits per heavy atom. The second-order valence-corrected chi connectivity index (χ2v) is 5.15. The van der Waals surface area contributed by atoms with Crippen LogP contribution in [0.4, 0.5) is 0 Å². The molecule has 114 valence electrons. The van der Waals surface area contributed by atoms with Crippen LogP contribution >= 0.6 is 0 Å². The standard InChI is InChI=1S/C18H19NO3/c1-13-7-6-10-16(11-13)18(21)22-12-17(20)19-14(2)15-8-4-3-5-9-15/h3-11,14H,12H2,1-2H3,(H,19,20)/t14-/m1/s1. The zero-order valence-corrected chi connectivity index (χ0v) is 12.7. The van der Waals surface area contributed by atoms with Gasteiger partial charge in [-0.05, 0) is 31.5 Å². The van der Waals surface area contributed by atoms with Gasteiger partial charge in [0, 0.05) is 0 Å². The molecule has 4 nitrogen and oxygen atoms in total. The van der Waals surface area contributed by atoms with Crippen molar-refractivity contribution in [3.8, 4) is 0 Å². The third-order valence-corrected chi connectivity index (χ3v) is 3.27. The monoisotopic (exact) mass is 297 g/mol. The van der Waals surface area contributed by atoms with Gasteiger partial charge in [0.15, 0.2) is 6.61 Å². The Kier molecular flexibility index (Phi) is 5.31. The van der Waals surface area contributed by atoms with Gasteiger partial charge in [-0.15, -0.1) is 0 Å². The quantitative estimate of drug-likeness (QED) is 0.863. The molecule has 2 aromatic carbocycles. The molecule has 1 N–H and O–H groups in total. The van der Waals surface area contributed by atoms with Crippen molar-refractivity contribution in [1.29, 1.82) is 0 Å². The highest BCUT2D eigenvalue weighted by Crippen LogP contribution is 2.11. The molecule has 4 heteroatoms. The first-order valence-electron chi connectivity index (χ1n) is 7.14. The molecule has 0 spiro atoms. The highest BCUT2D eigenvalue weighted by Gasteiger charge is 2.13. The summed E-state index contributed by atoms with van der Waals surface area (Å²) in [6, 6.07) is 16.5. The average molecular weight is 297 g/mol. The first kappa shape index (κ1) is 15.8. The van der Waals surface area contributed by atoms with Crippen molar-refractivity contribution in [3.05, 3.63) is 71.3 Å². The van der Waals surface area contributed by atoms with Gasteiger partial charge in [0.1, 0.15) is 0 Å². The summed E-state index contributed by atoms with van der Waals surface area (Å²) in [6.45, 7) is 3.49. The average Bonchev–Trinajstić information content (AvgIpc) is 2.53. The molecule has 0 bridgehead atoms. The summed E-state index contributed by atoms with van der Waals surface area (Å²) in [5.74, 6) is -0.816. The highest BCUT2D eigenvalue weighted by atomic mass is 16.5. The van der Waals surface area contributed by atoms with Gasteiger partial charge < -0.3 is 10.1 Å². The van der Waals surface area contributed by atoms with Crippen molar-refractivity contribution < 1.29 is 14.3 Å². The van der Waals surface area contributed by atoms with Crippen LogP contribution < -0.4 is 5.32 Å². The number of ether oxygens (including phenoxy) is 1. The molecule has 0 aliphatic heterocycles. The Labute approximate surface area is 130 Å². The number of hydrogen-bond acceptors (Lipinski definition) is 3. The SMILES string of the molecule is Cc1cccc(C(=O)OCC(=O)N[C@H](C)c2ccccc2)c1. The van der Waals surface area contributed by atoms with Crippen LogP contribution in [0.2, 0.25) is 0 Å². The van der Waals surface area contributed by atoms with Gasteiger partial charge in [0.2, 0.25) is 0 Å². The van der Waals surface area contributed by atoms with Crippen molar-refractivity contribution in [3.63, 3.8) is 0 Å². The maximum absolute atomic E-state index is 11.9. The summed E-state index contributed by atoms with van der Waals surface area (Å²) in [5, 5.41) is 2.80. The summed E-state index contributed by atoms with van der Waals surface area (Å²) < 4.78 is 5.03. The third kappa shape index (κ3) is 4.45. The molecule has 0 heterocycles. The number of nitrogens with one attached hydrogen (secondary N) is 1. The van der Waals surface area contributed by atoms with E-state index in [1.165, 1.54) is 0 Å². The van der Waals surface area contributed by atoms with Crippen LogP contribution in [0.25, 0.3) is 0 Å². The minimum atomic E-state index is -0.494. The van der Waals surface area contributed by atoms with Crippen LogP contribution in [0.5, 0.6) is 0 Å². The Hall–Kier alpha value is -2.62. The summed E-state index contributed by atoms with van der Waals surface area (Å²) in [4.78, 5) is 23.7. The van der Waals surface area contributed by atoms with Crippen molar-refractivity contribution in [2.45, 2.75) is 19.9 Å². The van der Waals surface area contributed by atoms with E-state index in [2.05, 4.69) is 5.32 Å². The fraction of sp³-hybridized carbons (Fsp3) is 0.222. The predicted molar refractivity (Wildman–Crippen MR) is 84.5 cm³/mol. The lowest BCUT2D eigenvalue weighted by Crippen LogP contribution is -2.31. The lowest BCUT2D eigenvalue weighted by molar-refractivity contribution is -0.124. The van der Waals surface area contributed by atoms with E-state index in [4.69, 9.17) is 4.74 Å². The number of esters is 1. The zero-order chi connectivity index (χ0) is 15.9. The second-order valence-electron chi connectivity index (χ2n) is 5.15. The molecule has 0 unspecified atom stereocenters. The lowest BCUT2D eigenvalue weighted by Gasteiger charge is -2.14. The van der Waals surface area contributed by atoms with Crippen molar-refractivity contribution in [1.82, 2.24) is 5.32 Å². The van der Waals surface area contributed by atoms with Gasteiger partial charge in [0.25, 0.3) is 5.91 Å². The lowest BCUT2D eigenvalue weighted by atomic mass is 10.1. The van der Waals surface area contributed by atoms with Gasteiger partial charge in [-0.2, -0.15) is 0 Å². The molecular formula is C18H19NO3. The minimum absolute atomic E-state index is 0.133. The topological polar surface area (TPSA) is 55.4 Å². The molecule has 0 saturated heterocycles. The number of aryl methyl sites for hydroxylation is 1. The number of amides is 1. The third-order valence-electron chi connectivity index (χ3n) is 3.27. The van der Waals surface area contributed by atoms with E-state index >= 15 is 0 Å². The largest absolute Gasteiger partial charge is 0.452 e. The number of carbonyl (C=O) groups excluding carboxylic acids is 2. The first-order chi connectivity index (χ1) is 10.6. The van der Waals surface area contributed by atoms with E-state index in [0.717, 1.165) is 11.1 Å². The molecule has 0 fully saturated rings. The number of hydrogen-bond donors (Lipinski definition) is 1. The molecule has 0 aliphatic carbocycles. The van der Waals surface area contributed by atoms with E-state index in [1.807, 2.05) is 50.2 Å². The molecule has 22 heavy (non-hydrogen) atoms. The van der Waals surface area contributed by atoms with Crippen molar-refractivity contribution in [2.75, 3.05) is 6.61 Å². The summed E-state index contributed by atoms with van der Waals surface area (Å²) in [7, 11) is 0. The number of rotatable bonds is 5. The highest BCUT2D eigenvalue weighted by molar-refractivity contribution is 5.91. The van der Waals surface area contributed by atoms with Crippen LogP contribution in [-0.4, -0.2) is 18.5 Å². The molecular weight excluding hydrogens is 278 g/mol. The normalized spacial score (nSPS) is 11.5. The van der Waals surface area contributed by atoms with E-state index in [-0.39, 0.29) is 18.6 Å². The van der Waals surface area contributed by atoms with Gasteiger partial charge in [-0.3, -0.25) is 4.79 Å². The zero-order valence-electron chi connectivity index (χ0n) is 12.7. The molecule has 0 aliphatic rings. The van der Waals surface area contributed by atoms with E-state index in [9.17, 15) is 9.59 Å². The van der Waals surface area contributed by atoms with E-state index in [1.54, 1.807) is 18.2 Å². The molecule has 0 saturated carbocycles. The van der Waals surface area contributed by atoms with Gasteiger partial charge in [-0.1, -0.05) is 48.0 Å². The summed E-state index contributed by atoms with van der Waals surface area (Å²) in [6.07, 6.45) is 0. The molecule has 0 aromatic heterocycles. The maximum Gasteiger partial charge on any atom is 0.338 e. The van der Waals surface area contributed by atoms with Crippen LogP contribution in [0.15, 0.2) is 54.6 Å². The van der Waals surface area contributed by atoms with Gasteiger partial charge >= 0.3 is 5.97 Å². The van der Waals surface area contributed by atoms with Crippen molar-refractivity contribution >= 4 is 11.9 Å². The Balaban J connectivity index is 1.84. The molecule has 0 radical (unpaired) electrons. The minimum Gasteiger partial charge on any atom is -0.452 e. The first-order valence-corrected chi connectivity index (χ1v) is 7.14. The smallest absolute Gasteiger partial charge is 0.338 e. The fourth-order valence-electron chi connectivity index (χ4n) is 2.09. The fourth-order valence-corrected chi connectivity index (χ4v) is 2.09. The maximum atomic E-state index is 11.9. The van der Waals surface area contributed by atoms with Crippen molar-refractivity contribution in [2.24, 2.45) is 0 Å². The van der Waals surface area contributed by atoms with E-state index in [0.29, 0.717) is 5.56 Å². The van der Waals surface area contributed by atoms with Crippen LogP contribution in [0, 0.1) is 6.92 Å². The predicted octanol–water partition coefficient (Wildman–Crippen LogP) is 3.03. The molecule has 1 amide bonds. The summed E-state index contributed by atoms with van der Waals surface area (Å²) in [5.41, 5.74) is 2.42. The molecule has 2 rings (SSSR count). The second kappa shape index (κ2) is 7.41. The Morgan fingerprint density at radius 2 is 1.82 bits per heavy atom. The van der Waals surface area contributed by atoms with Crippen LogP contribution in [-0.2, 0) is 9.53 Å². The molecule has 2 aromatic rings. The Morgan fingerprint density at radius 1 is 1.09 bits per heavy atom. The van der Waals surface area contributed by atoms with Gasteiger partial charge in [0.05, 0.1) is 11.6 Å². The molecule has 1 atom stereocenters. The van der Waals surface area contributed by atoms with Crippen LogP contribution in [0.1, 0.15) is 34.5 Å². The number of benzene rings is 2. The van der Waals surface area contributed by atoms with Crippen LogP contribution in [0.3, 0.4) is 0 Å². The van der Waals surface area contributed by atoms with Gasteiger partial charge in [-0.25, -0.2) is 4.79 Å². The summed E-state index contributed by atoms with van der Waals surface area (Å²) >= 11 is 0. The van der Waals surface area contributed by atoms with E-state index < -0.39 is 5.97 Å². The Bertz CT molecular complexity index is 652.